The third-order valence-electron chi connectivity index (χ3n) is 1.56. The van der Waals surface area contributed by atoms with E-state index in [0.717, 1.165) is 19.3 Å². The summed E-state index contributed by atoms with van der Waals surface area (Å²) >= 11 is 0. The molecular formula is C9H20O3. The molecule has 0 aliphatic carbocycles. The van der Waals surface area contributed by atoms with E-state index in [1.165, 1.54) is 0 Å². The number of unbranched alkanes of at least 4 members (excludes halogenated alkanes) is 1. The van der Waals surface area contributed by atoms with Crippen LogP contribution in [0, 0.1) is 0 Å². The zero-order chi connectivity index (χ0) is 9.40. The molecule has 0 radical (unpaired) electrons. The summed E-state index contributed by atoms with van der Waals surface area (Å²) in [5, 5.41) is 18.1. The molecule has 0 spiro atoms. The van der Waals surface area contributed by atoms with Gasteiger partial charge >= 0.3 is 0 Å². The van der Waals surface area contributed by atoms with Gasteiger partial charge in [0.15, 0.2) is 0 Å². The van der Waals surface area contributed by atoms with Crippen molar-refractivity contribution in [2.24, 2.45) is 0 Å². The van der Waals surface area contributed by atoms with E-state index >= 15 is 0 Å². The van der Waals surface area contributed by atoms with E-state index in [1.807, 2.05) is 0 Å². The highest BCUT2D eigenvalue weighted by molar-refractivity contribution is 4.53. The fourth-order valence-corrected chi connectivity index (χ4v) is 0.898. The smallest absolute Gasteiger partial charge is 0.0773 e. The van der Waals surface area contributed by atoms with Crippen molar-refractivity contribution in [2.75, 3.05) is 13.2 Å². The lowest BCUT2D eigenvalue weighted by Crippen LogP contribution is -2.19. The first kappa shape index (κ1) is 11.9. The summed E-state index contributed by atoms with van der Waals surface area (Å²) in [5.74, 6) is 0. The Morgan fingerprint density at radius 3 is 2.42 bits per heavy atom. The predicted octanol–water partition coefficient (Wildman–Crippen LogP) is 0.935. The van der Waals surface area contributed by atoms with E-state index < -0.39 is 6.10 Å². The minimum atomic E-state index is -0.441. The molecule has 0 saturated heterocycles. The Bertz CT molecular complexity index is 93.8. The topological polar surface area (TPSA) is 49.7 Å². The molecule has 0 aliphatic rings. The summed E-state index contributed by atoms with van der Waals surface area (Å²) in [7, 11) is 0. The number of aliphatic hydroxyl groups is 2. The lowest BCUT2D eigenvalue weighted by molar-refractivity contribution is -0.00491. The zero-order valence-corrected chi connectivity index (χ0v) is 7.99. The second-order valence-electron chi connectivity index (χ2n) is 3.18. The van der Waals surface area contributed by atoms with Crippen LogP contribution in [0.3, 0.4) is 0 Å². The number of hydrogen-bond acceptors (Lipinski definition) is 3. The molecule has 0 fully saturated rings. The van der Waals surface area contributed by atoms with Crippen LogP contribution in [0.1, 0.15) is 33.1 Å². The Morgan fingerprint density at radius 1 is 1.25 bits per heavy atom. The van der Waals surface area contributed by atoms with Crippen LogP contribution in [-0.2, 0) is 4.74 Å². The zero-order valence-electron chi connectivity index (χ0n) is 7.99. The Morgan fingerprint density at radius 2 is 1.92 bits per heavy atom. The van der Waals surface area contributed by atoms with Gasteiger partial charge < -0.3 is 14.9 Å². The van der Waals surface area contributed by atoms with Crippen LogP contribution >= 0.6 is 0 Å². The van der Waals surface area contributed by atoms with Crippen molar-refractivity contribution in [2.45, 2.75) is 45.3 Å². The van der Waals surface area contributed by atoms with Crippen LogP contribution in [0.5, 0.6) is 0 Å². The van der Waals surface area contributed by atoms with Crippen LogP contribution in [0.25, 0.3) is 0 Å². The van der Waals surface area contributed by atoms with Gasteiger partial charge in [-0.25, -0.2) is 0 Å². The number of ether oxygens (including phenoxy) is 1. The van der Waals surface area contributed by atoms with Gasteiger partial charge in [0.05, 0.1) is 25.4 Å². The maximum Gasteiger partial charge on any atom is 0.0773 e. The Hall–Kier alpha value is -0.120. The lowest BCUT2D eigenvalue weighted by Gasteiger charge is -2.11. The summed E-state index contributed by atoms with van der Waals surface area (Å²) < 4.78 is 5.05. The standard InChI is InChI=1S/C9H20O3/c1-3-4-5-9(11)7-12-6-8(2)10/h8-11H,3-7H2,1-2H3. The maximum absolute atomic E-state index is 9.29. The van der Waals surface area contributed by atoms with Crippen LogP contribution < -0.4 is 0 Å². The van der Waals surface area contributed by atoms with Crippen molar-refractivity contribution < 1.29 is 14.9 Å². The van der Waals surface area contributed by atoms with Gasteiger partial charge in [-0.15, -0.1) is 0 Å². The van der Waals surface area contributed by atoms with Gasteiger partial charge in [0.25, 0.3) is 0 Å². The van der Waals surface area contributed by atoms with Crippen LogP contribution in [0.2, 0.25) is 0 Å². The molecule has 74 valence electrons. The molecule has 0 aromatic rings. The molecule has 0 aromatic carbocycles. The van der Waals surface area contributed by atoms with Crippen molar-refractivity contribution in [3.8, 4) is 0 Å². The summed E-state index contributed by atoms with van der Waals surface area (Å²) in [6.45, 7) is 4.40. The van der Waals surface area contributed by atoms with E-state index in [0.29, 0.717) is 13.2 Å². The van der Waals surface area contributed by atoms with Crippen molar-refractivity contribution in [1.29, 1.82) is 0 Å². The molecule has 3 heteroatoms. The molecule has 0 aliphatic heterocycles. The fourth-order valence-electron chi connectivity index (χ4n) is 0.898. The van der Waals surface area contributed by atoms with Crippen LogP contribution in [0.15, 0.2) is 0 Å². The average molecular weight is 176 g/mol. The Balaban J connectivity index is 3.13. The monoisotopic (exact) mass is 176 g/mol. The first-order valence-electron chi connectivity index (χ1n) is 4.60. The first-order chi connectivity index (χ1) is 5.66. The molecule has 2 N–H and O–H groups in total. The third-order valence-corrected chi connectivity index (χ3v) is 1.56. The number of hydrogen-bond donors (Lipinski definition) is 2. The Labute approximate surface area is 74.4 Å². The molecule has 3 nitrogen and oxygen atoms in total. The second kappa shape index (κ2) is 7.53. The summed E-state index contributed by atoms with van der Waals surface area (Å²) in [4.78, 5) is 0. The summed E-state index contributed by atoms with van der Waals surface area (Å²) in [6.07, 6.45) is 2.09. The molecular weight excluding hydrogens is 156 g/mol. The van der Waals surface area contributed by atoms with E-state index in [2.05, 4.69) is 6.92 Å². The average Bonchev–Trinajstić information content (AvgIpc) is 2.00. The molecule has 0 bridgehead atoms. The molecule has 0 heterocycles. The Kier molecular flexibility index (Phi) is 7.45. The number of aliphatic hydroxyl groups excluding tert-OH is 2. The van der Waals surface area contributed by atoms with Crippen molar-refractivity contribution >= 4 is 0 Å². The fraction of sp³-hybridized carbons (Fsp3) is 1.00. The first-order valence-corrected chi connectivity index (χ1v) is 4.60. The van der Waals surface area contributed by atoms with Crippen LogP contribution in [-0.4, -0.2) is 35.6 Å². The SMILES string of the molecule is CCCCC(O)COCC(C)O. The number of rotatable bonds is 7. The molecule has 0 rings (SSSR count). The van der Waals surface area contributed by atoms with Gasteiger partial charge in [0.2, 0.25) is 0 Å². The van der Waals surface area contributed by atoms with Crippen molar-refractivity contribution in [3.63, 3.8) is 0 Å². The van der Waals surface area contributed by atoms with Gasteiger partial charge in [0.1, 0.15) is 0 Å². The molecule has 0 aromatic heterocycles. The summed E-state index contributed by atoms with van der Waals surface area (Å²) in [5.41, 5.74) is 0. The molecule has 0 amide bonds. The molecule has 0 saturated carbocycles. The van der Waals surface area contributed by atoms with Crippen LogP contribution in [0.4, 0.5) is 0 Å². The van der Waals surface area contributed by atoms with E-state index in [1.54, 1.807) is 6.92 Å². The minimum Gasteiger partial charge on any atom is -0.391 e. The molecule has 12 heavy (non-hydrogen) atoms. The van der Waals surface area contributed by atoms with E-state index in [4.69, 9.17) is 9.84 Å². The molecule has 2 unspecified atom stereocenters. The largest absolute Gasteiger partial charge is 0.391 e. The highest BCUT2D eigenvalue weighted by atomic mass is 16.5. The predicted molar refractivity (Wildman–Crippen MR) is 48.0 cm³/mol. The van der Waals surface area contributed by atoms with Gasteiger partial charge in [0, 0.05) is 0 Å². The maximum atomic E-state index is 9.29. The summed E-state index contributed by atoms with van der Waals surface area (Å²) in [6, 6.07) is 0. The highest BCUT2D eigenvalue weighted by Gasteiger charge is 2.03. The molecule has 2 atom stereocenters. The van der Waals surface area contributed by atoms with Crippen molar-refractivity contribution in [1.82, 2.24) is 0 Å². The normalized spacial score (nSPS) is 16.0. The van der Waals surface area contributed by atoms with Gasteiger partial charge in [-0.3, -0.25) is 0 Å². The quantitative estimate of drug-likeness (QED) is 0.607. The highest BCUT2D eigenvalue weighted by Crippen LogP contribution is 2.00. The van der Waals surface area contributed by atoms with Gasteiger partial charge in [-0.05, 0) is 13.3 Å². The van der Waals surface area contributed by atoms with Crippen molar-refractivity contribution in [3.05, 3.63) is 0 Å². The van der Waals surface area contributed by atoms with E-state index in [-0.39, 0.29) is 6.10 Å². The van der Waals surface area contributed by atoms with E-state index in [9.17, 15) is 5.11 Å². The van der Waals surface area contributed by atoms with Gasteiger partial charge in [-0.1, -0.05) is 19.8 Å². The van der Waals surface area contributed by atoms with Gasteiger partial charge in [-0.2, -0.15) is 0 Å². The third kappa shape index (κ3) is 7.98. The minimum absolute atomic E-state index is 0.309. The lowest BCUT2D eigenvalue weighted by atomic mass is 10.2. The second-order valence-corrected chi connectivity index (χ2v) is 3.18.